The summed E-state index contributed by atoms with van der Waals surface area (Å²) in [6, 6.07) is 0. The average Bonchev–Trinajstić information content (AvgIpc) is 3.23. The number of aliphatic hydroxyl groups excluding tert-OH is 2. The first kappa shape index (κ1) is 16.7. The Bertz CT molecular complexity index is 878. The van der Waals surface area contributed by atoms with Gasteiger partial charge in [0.2, 0.25) is 0 Å². The van der Waals surface area contributed by atoms with Crippen LogP contribution in [0.5, 0.6) is 0 Å². The number of nitrogens with zero attached hydrogens (tertiary/aromatic N) is 4. The summed E-state index contributed by atoms with van der Waals surface area (Å²) >= 11 is 0. The zero-order chi connectivity index (χ0) is 17.8. The highest BCUT2D eigenvalue weighted by Crippen LogP contribution is 2.44. The van der Waals surface area contributed by atoms with Crippen molar-refractivity contribution in [3.05, 3.63) is 29.6 Å². The first-order valence-corrected chi connectivity index (χ1v) is 9.49. The third kappa shape index (κ3) is 2.78. The summed E-state index contributed by atoms with van der Waals surface area (Å²) in [7, 11) is -4.37. The molecule has 3 aliphatic rings. The van der Waals surface area contributed by atoms with Crippen molar-refractivity contribution < 1.29 is 29.3 Å². The summed E-state index contributed by atoms with van der Waals surface area (Å²) in [5.74, 6) is -0.130. The van der Waals surface area contributed by atoms with E-state index >= 15 is 0 Å². The Kier molecular flexibility index (Phi) is 3.95. The van der Waals surface area contributed by atoms with E-state index in [0.717, 1.165) is 5.82 Å². The predicted octanol–water partition coefficient (Wildman–Crippen LogP) is -3.04. The van der Waals surface area contributed by atoms with E-state index in [-0.39, 0.29) is 0 Å². The highest BCUT2D eigenvalue weighted by Gasteiger charge is 2.47. The summed E-state index contributed by atoms with van der Waals surface area (Å²) in [5.41, 5.74) is 0.500. The molecule has 12 heteroatoms. The van der Waals surface area contributed by atoms with Gasteiger partial charge in [0.25, 0.3) is 0 Å². The molecule has 3 aliphatic heterocycles. The average molecular weight is 371 g/mol. The monoisotopic (exact) mass is 371 g/mol. The largest absolute Gasteiger partial charge is 0.394 e. The van der Waals surface area contributed by atoms with Gasteiger partial charge in [-0.1, -0.05) is 0 Å². The predicted molar refractivity (Wildman–Crippen MR) is 82.8 cm³/mol. The minimum atomic E-state index is -4.37. The molecule has 0 unspecified atom stereocenters. The van der Waals surface area contributed by atoms with Gasteiger partial charge in [-0.2, -0.15) is 0 Å². The Morgan fingerprint density at radius 3 is 2.96 bits per heavy atom. The van der Waals surface area contributed by atoms with E-state index in [0.29, 0.717) is 17.5 Å². The highest BCUT2D eigenvalue weighted by molar-refractivity contribution is 7.51. The van der Waals surface area contributed by atoms with Crippen molar-refractivity contribution in [3.8, 4) is 0 Å². The van der Waals surface area contributed by atoms with E-state index in [1.165, 1.54) is 10.9 Å². The van der Waals surface area contributed by atoms with Crippen LogP contribution in [0, 0.1) is 5.92 Å². The van der Waals surface area contributed by atoms with Gasteiger partial charge in [0.1, 0.15) is 23.9 Å². The molecule has 1 aromatic rings. The number of rotatable bonds is 4. The van der Waals surface area contributed by atoms with Gasteiger partial charge >= 0.3 is 7.60 Å². The van der Waals surface area contributed by atoms with Crippen LogP contribution in [0.3, 0.4) is 0 Å². The first-order chi connectivity index (χ1) is 11.9. The number of hydrogen-bond donors (Lipinski definition) is 5. The van der Waals surface area contributed by atoms with Crippen LogP contribution < -0.4 is 16.2 Å². The van der Waals surface area contributed by atoms with Crippen molar-refractivity contribution in [3.63, 3.8) is 0 Å². The maximum absolute atomic E-state index is 11.3. The zero-order valence-corrected chi connectivity index (χ0v) is 13.9. The number of aromatic nitrogens is 2. The van der Waals surface area contributed by atoms with E-state index in [2.05, 4.69) is 15.3 Å². The fraction of sp³-hybridized carbons (Fsp3) is 0.538. The molecule has 0 saturated carbocycles. The Morgan fingerprint density at radius 2 is 2.24 bits per heavy atom. The van der Waals surface area contributed by atoms with Crippen molar-refractivity contribution in [1.29, 1.82) is 0 Å². The molecule has 25 heavy (non-hydrogen) atoms. The molecule has 0 aliphatic carbocycles. The van der Waals surface area contributed by atoms with E-state index in [1.54, 1.807) is 6.20 Å². The molecule has 1 saturated heterocycles. The van der Waals surface area contributed by atoms with Gasteiger partial charge < -0.3 is 35.0 Å². The van der Waals surface area contributed by atoms with Gasteiger partial charge in [-0.05, 0) is 0 Å². The van der Waals surface area contributed by atoms with Gasteiger partial charge in [0.05, 0.1) is 25.2 Å². The van der Waals surface area contributed by atoms with Crippen LogP contribution in [-0.2, 0) is 9.30 Å². The lowest BCUT2D eigenvalue weighted by Crippen LogP contribution is -2.44. The summed E-state index contributed by atoms with van der Waals surface area (Å²) in [4.78, 5) is 29.1. The van der Waals surface area contributed by atoms with E-state index in [4.69, 9.17) is 4.74 Å². The maximum Gasteiger partial charge on any atom is 0.326 e. The minimum Gasteiger partial charge on any atom is -0.394 e. The van der Waals surface area contributed by atoms with E-state index in [1.807, 2.05) is 11.1 Å². The summed E-state index contributed by atoms with van der Waals surface area (Å²) in [5, 5.41) is 23.7. The Hall–Kier alpha value is -1.75. The van der Waals surface area contributed by atoms with Gasteiger partial charge in [0, 0.05) is 18.3 Å². The van der Waals surface area contributed by atoms with Crippen molar-refractivity contribution in [1.82, 2.24) is 19.8 Å². The first-order valence-electron chi connectivity index (χ1n) is 7.69. The van der Waals surface area contributed by atoms with Crippen LogP contribution in [0.15, 0.2) is 23.7 Å². The highest BCUT2D eigenvalue weighted by atomic mass is 31.2. The molecule has 0 aromatic carbocycles. The topological polar surface area (TPSA) is 153 Å². The van der Waals surface area contributed by atoms with Crippen LogP contribution in [0.4, 0.5) is 0 Å². The second kappa shape index (κ2) is 5.90. The van der Waals surface area contributed by atoms with Crippen LogP contribution >= 0.6 is 7.60 Å². The molecule has 11 nitrogen and oxygen atoms in total. The minimum absolute atomic E-state index is 0.371. The standard InChI is InChI=1S/C13H18N5O6P/c19-3-8-7(4-25(21,22)23)10(20)13(24-8)18-6-15-9-11-14-1-2-17(11)5-16-12(9)18/h1-2,6-8,10,13-14,19-20H,3-5H2,(H2,21,22,23)/t7-,8-,10-,13-/m1/s1. The fourth-order valence-corrected chi connectivity index (χ4v) is 4.39. The van der Waals surface area contributed by atoms with Crippen LogP contribution in [0.25, 0.3) is 5.82 Å². The lowest BCUT2D eigenvalue weighted by molar-refractivity contribution is -0.0530. The lowest BCUT2D eigenvalue weighted by Gasteiger charge is -2.20. The maximum atomic E-state index is 11.3. The van der Waals surface area contributed by atoms with Crippen molar-refractivity contribution in [2.24, 2.45) is 10.9 Å². The molecule has 5 N–H and O–H groups in total. The van der Waals surface area contributed by atoms with E-state index in [9.17, 15) is 24.6 Å². The molecular formula is C13H18N5O6P. The van der Waals surface area contributed by atoms with Crippen LogP contribution in [0.2, 0.25) is 0 Å². The summed E-state index contributed by atoms with van der Waals surface area (Å²) < 4.78 is 18.5. The Morgan fingerprint density at radius 1 is 1.44 bits per heavy atom. The Balaban J connectivity index is 1.70. The van der Waals surface area contributed by atoms with Gasteiger partial charge in [-0.3, -0.25) is 9.13 Å². The number of fused-ring (bicyclic) bond motifs is 2. The number of nitrogens with one attached hydrogen (secondary N) is 1. The molecule has 4 atom stereocenters. The summed E-state index contributed by atoms with van der Waals surface area (Å²) in [6.45, 7) is -0.0848. The second-order valence-corrected chi connectivity index (χ2v) is 7.85. The van der Waals surface area contributed by atoms with Crippen molar-refractivity contribution in [2.45, 2.75) is 18.4 Å². The van der Waals surface area contributed by atoms with Crippen molar-refractivity contribution >= 4 is 13.4 Å². The smallest absolute Gasteiger partial charge is 0.326 e. The number of aliphatic hydroxyl groups is 2. The molecule has 1 fully saturated rings. The molecule has 1 aromatic heterocycles. The zero-order valence-electron chi connectivity index (χ0n) is 13.0. The van der Waals surface area contributed by atoms with Crippen molar-refractivity contribution in [2.75, 3.05) is 19.4 Å². The molecule has 0 amide bonds. The van der Waals surface area contributed by atoms with E-state index < -0.39 is 44.7 Å². The number of hydrogen-bond acceptors (Lipinski definition) is 8. The van der Waals surface area contributed by atoms with Gasteiger partial charge in [0.15, 0.2) is 11.7 Å². The van der Waals surface area contributed by atoms with Crippen LogP contribution in [-0.4, -0.2) is 66.1 Å². The Labute approximate surface area is 141 Å². The lowest BCUT2D eigenvalue weighted by atomic mass is 10.0. The molecule has 0 radical (unpaired) electrons. The second-order valence-electron chi connectivity index (χ2n) is 6.15. The fourth-order valence-electron chi connectivity index (χ4n) is 3.39. The molecule has 136 valence electrons. The molecule has 0 bridgehead atoms. The SMILES string of the molecule is O=P(O)(O)C[C@H]1[C@@H](O)[C@H](n2cnc3c2=NCN2C=CNC=32)O[C@@H]1CO. The third-order valence-corrected chi connectivity index (χ3v) is 5.45. The molecule has 4 rings (SSSR count). The normalized spacial score (nSPS) is 30.9. The number of imidazole rings is 1. The van der Waals surface area contributed by atoms with Crippen LogP contribution in [0.1, 0.15) is 6.23 Å². The quantitative estimate of drug-likeness (QED) is 0.348. The summed E-state index contributed by atoms with van der Waals surface area (Å²) in [6.07, 6.45) is 1.46. The molecular weight excluding hydrogens is 353 g/mol. The number of ether oxygens (including phenoxy) is 1. The van der Waals surface area contributed by atoms with Gasteiger partial charge in [-0.25, -0.2) is 9.98 Å². The van der Waals surface area contributed by atoms with Gasteiger partial charge in [-0.15, -0.1) is 0 Å². The third-order valence-electron chi connectivity index (χ3n) is 4.55. The molecule has 0 spiro atoms. The molecule has 4 heterocycles.